The summed E-state index contributed by atoms with van der Waals surface area (Å²) in [4.78, 5) is 17.7. The quantitative estimate of drug-likeness (QED) is 0.327. The van der Waals surface area contributed by atoms with E-state index in [0.29, 0.717) is 18.6 Å². The molecule has 0 heterocycles. The van der Waals surface area contributed by atoms with E-state index in [1.54, 1.807) is 19.0 Å². The molecule has 0 aromatic heterocycles. The van der Waals surface area contributed by atoms with Gasteiger partial charge in [0.05, 0.1) is 6.61 Å². The third-order valence-electron chi connectivity index (χ3n) is 3.78. The molecular formula is C19H33IN4O2. The monoisotopic (exact) mass is 476 g/mol. The number of hydrogen-bond donors (Lipinski definition) is 2. The normalized spacial score (nSPS) is 12.0. The Morgan fingerprint density at radius 2 is 2.04 bits per heavy atom. The number of likely N-dealkylation sites (N-methyl/N-ethyl adjacent to an activating group) is 1. The minimum Gasteiger partial charge on any atom is -0.494 e. The Morgan fingerprint density at radius 1 is 1.31 bits per heavy atom. The minimum absolute atomic E-state index is 0. The lowest BCUT2D eigenvalue weighted by molar-refractivity contribution is -0.127. The largest absolute Gasteiger partial charge is 0.494 e. The van der Waals surface area contributed by atoms with Crippen molar-refractivity contribution in [3.63, 3.8) is 0 Å². The number of hydrogen-bond acceptors (Lipinski definition) is 3. The van der Waals surface area contributed by atoms with Gasteiger partial charge in [0.15, 0.2) is 5.96 Å². The van der Waals surface area contributed by atoms with Gasteiger partial charge in [-0.05, 0) is 44.4 Å². The molecule has 148 valence electrons. The SMILES string of the molecule is CCOc1cccc(CCNC(=NCC(=O)N(C)C)NC(C)CC)c1.I. The summed E-state index contributed by atoms with van der Waals surface area (Å²) in [6, 6.07) is 8.40. The van der Waals surface area contributed by atoms with Gasteiger partial charge in [-0.25, -0.2) is 4.99 Å². The summed E-state index contributed by atoms with van der Waals surface area (Å²) in [5.41, 5.74) is 1.20. The number of guanidine groups is 1. The van der Waals surface area contributed by atoms with Gasteiger partial charge in [-0.2, -0.15) is 0 Å². The van der Waals surface area contributed by atoms with Crippen molar-refractivity contribution in [2.75, 3.05) is 33.8 Å². The smallest absolute Gasteiger partial charge is 0.243 e. The van der Waals surface area contributed by atoms with Crippen LogP contribution in [0.2, 0.25) is 0 Å². The summed E-state index contributed by atoms with van der Waals surface area (Å²) >= 11 is 0. The number of benzene rings is 1. The molecule has 1 rings (SSSR count). The molecule has 7 heteroatoms. The highest BCUT2D eigenvalue weighted by Crippen LogP contribution is 2.13. The zero-order valence-electron chi connectivity index (χ0n) is 16.5. The molecule has 26 heavy (non-hydrogen) atoms. The summed E-state index contributed by atoms with van der Waals surface area (Å²) in [7, 11) is 3.47. The predicted octanol–water partition coefficient (Wildman–Crippen LogP) is 2.67. The number of halogens is 1. The summed E-state index contributed by atoms with van der Waals surface area (Å²) in [6.07, 6.45) is 1.84. The zero-order chi connectivity index (χ0) is 18.7. The molecule has 1 amide bonds. The molecule has 1 aromatic carbocycles. The molecule has 0 saturated heterocycles. The number of nitrogens with zero attached hydrogens (tertiary/aromatic N) is 2. The van der Waals surface area contributed by atoms with Crippen LogP contribution in [0.3, 0.4) is 0 Å². The van der Waals surface area contributed by atoms with Gasteiger partial charge in [0.1, 0.15) is 12.3 Å². The van der Waals surface area contributed by atoms with Gasteiger partial charge in [-0.3, -0.25) is 4.79 Å². The molecule has 0 aliphatic heterocycles. The molecular weight excluding hydrogens is 443 g/mol. The predicted molar refractivity (Wildman–Crippen MR) is 119 cm³/mol. The maximum absolute atomic E-state index is 11.7. The molecule has 0 fully saturated rings. The summed E-state index contributed by atoms with van der Waals surface area (Å²) in [5.74, 6) is 1.54. The number of rotatable bonds is 9. The van der Waals surface area contributed by atoms with E-state index in [1.807, 2.05) is 19.1 Å². The van der Waals surface area contributed by atoms with Crippen molar-refractivity contribution in [3.05, 3.63) is 29.8 Å². The topological polar surface area (TPSA) is 66.0 Å². The molecule has 0 aliphatic rings. The molecule has 6 nitrogen and oxygen atoms in total. The Kier molecular flexibility index (Phi) is 12.9. The third kappa shape index (κ3) is 9.84. The van der Waals surface area contributed by atoms with Crippen molar-refractivity contribution in [2.45, 2.75) is 39.7 Å². The molecule has 0 bridgehead atoms. The van der Waals surface area contributed by atoms with E-state index < -0.39 is 0 Å². The number of amides is 1. The van der Waals surface area contributed by atoms with E-state index in [4.69, 9.17) is 4.74 Å². The van der Waals surface area contributed by atoms with Crippen molar-refractivity contribution < 1.29 is 9.53 Å². The lowest BCUT2D eigenvalue weighted by Gasteiger charge is -2.17. The minimum atomic E-state index is -0.0188. The van der Waals surface area contributed by atoms with Gasteiger partial charge in [0, 0.05) is 26.7 Å². The summed E-state index contributed by atoms with van der Waals surface area (Å²) in [5, 5.41) is 6.63. The fourth-order valence-electron chi connectivity index (χ4n) is 2.06. The Hall–Kier alpha value is -1.51. The van der Waals surface area contributed by atoms with Gasteiger partial charge >= 0.3 is 0 Å². The number of ether oxygens (including phenoxy) is 1. The first kappa shape index (κ1) is 24.5. The molecule has 0 aliphatic carbocycles. The number of carbonyl (C=O) groups is 1. The standard InChI is InChI=1S/C19H32N4O2.HI/c1-6-15(3)22-19(21-14-18(24)23(4)5)20-12-11-16-9-8-10-17(13-16)25-7-2;/h8-10,13,15H,6-7,11-12,14H2,1-5H3,(H2,20,21,22);1H. The fourth-order valence-corrected chi connectivity index (χ4v) is 2.06. The maximum atomic E-state index is 11.7. The Balaban J connectivity index is 0.00000625. The average molecular weight is 476 g/mol. The van der Waals surface area contributed by atoms with Gasteiger partial charge in [0.25, 0.3) is 0 Å². The van der Waals surface area contributed by atoms with Crippen LogP contribution in [0.1, 0.15) is 32.8 Å². The van der Waals surface area contributed by atoms with Crippen LogP contribution in [-0.2, 0) is 11.2 Å². The second-order valence-electron chi connectivity index (χ2n) is 6.16. The Labute approximate surface area is 174 Å². The van der Waals surface area contributed by atoms with E-state index in [2.05, 4.69) is 41.6 Å². The van der Waals surface area contributed by atoms with Crippen molar-refractivity contribution >= 4 is 35.8 Å². The Morgan fingerprint density at radius 3 is 2.65 bits per heavy atom. The second-order valence-corrected chi connectivity index (χ2v) is 6.16. The summed E-state index contributed by atoms with van der Waals surface area (Å²) in [6.45, 7) is 7.71. The lowest BCUT2D eigenvalue weighted by Crippen LogP contribution is -2.43. The molecule has 0 radical (unpaired) electrons. The van der Waals surface area contributed by atoms with Crippen LogP contribution < -0.4 is 15.4 Å². The van der Waals surface area contributed by atoms with Gasteiger partial charge in [0.2, 0.25) is 5.91 Å². The van der Waals surface area contributed by atoms with Crippen LogP contribution in [0, 0.1) is 0 Å². The molecule has 1 unspecified atom stereocenters. The van der Waals surface area contributed by atoms with E-state index >= 15 is 0 Å². The number of aliphatic imine (C=N–C) groups is 1. The number of carbonyl (C=O) groups excluding carboxylic acids is 1. The third-order valence-corrected chi connectivity index (χ3v) is 3.78. The van der Waals surface area contributed by atoms with Crippen molar-refractivity contribution in [1.82, 2.24) is 15.5 Å². The fraction of sp³-hybridized carbons (Fsp3) is 0.579. The molecule has 0 saturated carbocycles. The highest BCUT2D eigenvalue weighted by Gasteiger charge is 2.07. The average Bonchev–Trinajstić information content (AvgIpc) is 2.59. The van der Waals surface area contributed by atoms with Crippen LogP contribution >= 0.6 is 24.0 Å². The van der Waals surface area contributed by atoms with Crippen LogP contribution in [0.5, 0.6) is 5.75 Å². The van der Waals surface area contributed by atoms with E-state index in [1.165, 1.54) is 5.56 Å². The first-order chi connectivity index (χ1) is 12.0. The molecule has 1 atom stereocenters. The summed E-state index contributed by atoms with van der Waals surface area (Å²) < 4.78 is 5.53. The van der Waals surface area contributed by atoms with Crippen LogP contribution in [0.15, 0.2) is 29.3 Å². The number of nitrogens with one attached hydrogen (secondary N) is 2. The van der Waals surface area contributed by atoms with Crippen LogP contribution in [-0.4, -0.2) is 56.6 Å². The van der Waals surface area contributed by atoms with Gasteiger partial charge in [-0.1, -0.05) is 19.1 Å². The van der Waals surface area contributed by atoms with Crippen molar-refractivity contribution in [3.8, 4) is 5.75 Å². The first-order valence-electron chi connectivity index (χ1n) is 8.93. The highest BCUT2D eigenvalue weighted by atomic mass is 127. The van der Waals surface area contributed by atoms with Crippen molar-refractivity contribution in [1.29, 1.82) is 0 Å². The van der Waals surface area contributed by atoms with Gasteiger partial charge < -0.3 is 20.3 Å². The van der Waals surface area contributed by atoms with Crippen LogP contribution in [0.4, 0.5) is 0 Å². The van der Waals surface area contributed by atoms with E-state index in [-0.39, 0.29) is 36.4 Å². The van der Waals surface area contributed by atoms with E-state index in [9.17, 15) is 4.79 Å². The first-order valence-corrected chi connectivity index (χ1v) is 8.93. The maximum Gasteiger partial charge on any atom is 0.243 e. The molecule has 1 aromatic rings. The zero-order valence-corrected chi connectivity index (χ0v) is 18.9. The van der Waals surface area contributed by atoms with E-state index in [0.717, 1.165) is 25.1 Å². The highest BCUT2D eigenvalue weighted by molar-refractivity contribution is 14.0. The van der Waals surface area contributed by atoms with Gasteiger partial charge in [-0.15, -0.1) is 24.0 Å². The Bertz CT molecular complexity index is 564. The second kappa shape index (κ2) is 13.7. The lowest BCUT2D eigenvalue weighted by atomic mass is 10.1. The van der Waals surface area contributed by atoms with Crippen molar-refractivity contribution in [2.24, 2.45) is 4.99 Å². The molecule has 0 spiro atoms. The van der Waals surface area contributed by atoms with Crippen LogP contribution in [0.25, 0.3) is 0 Å². The molecule has 2 N–H and O–H groups in total.